The number of nitrogens with one attached hydrogen (secondary N) is 2. The second kappa shape index (κ2) is 10.0. The summed E-state index contributed by atoms with van der Waals surface area (Å²) < 4.78 is 5.31. The quantitative estimate of drug-likeness (QED) is 0.161. The van der Waals surface area contributed by atoms with Crippen molar-refractivity contribution in [2.75, 3.05) is 5.32 Å². The Bertz CT molecular complexity index is 1330. The average Bonchev–Trinajstić information content (AvgIpc) is 2.85. The van der Waals surface area contributed by atoms with Crippen LogP contribution < -0.4 is 15.5 Å². The Morgan fingerprint density at radius 3 is 2.21 bits per heavy atom. The second-order valence-corrected chi connectivity index (χ2v) is 7.00. The van der Waals surface area contributed by atoms with Crippen LogP contribution in [0.4, 0.5) is 5.69 Å². The molecule has 2 amide bonds. The van der Waals surface area contributed by atoms with Crippen LogP contribution in [0.15, 0.2) is 102 Å². The van der Waals surface area contributed by atoms with Gasteiger partial charge in [-0.15, -0.1) is 0 Å². The van der Waals surface area contributed by atoms with Crippen LogP contribution in [-0.4, -0.2) is 24.0 Å². The summed E-state index contributed by atoms with van der Waals surface area (Å²) in [6, 6.07) is 28.2. The zero-order valence-corrected chi connectivity index (χ0v) is 17.4. The minimum atomic E-state index is -0.896. The van der Waals surface area contributed by atoms with E-state index in [9.17, 15) is 14.4 Å². The third-order valence-corrected chi connectivity index (χ3v) is 4.72. The lowest BCUT2D eigenvalue weighted by atomic mass is 10.1. The Morgan fingerprint density at radius 2 is 1.42 bits per heavy atom. The zero-order valence-electron chi connectivity index (χ0n) is 17.4. The molecule has 7 nitrogen and oxygen atoms in total. The molecule has 0 unspecified atom stereocenters. The lowest BCUT2D eigenvalue weighted by Gasteiger charge is -2.07. The molecule has 4 aromatic carbocycles. The summed E-state index contributed by atoms with van der Waals surface area (Å²) >= 11 is 0. The van der Waals surface area contributed by atoms with Crippen LogP contribution in [0.5, 0.6) is 5.75 Å². The van der Waals surface area contributed by atoms with E-state index in [0.717, 1.165) is 10.8 Å². The largest absolute Gasteiger partial charge is 0.423 e. The van der Waals surface area contributed by atoms with Crippen LogP contribution in [0.1, 0.15) is 15.9 Å². The van der Waals surface area contributed by atoms with Crippen molar-refractivity contribution in [1.82, 2.24) is 5.43 Å². The maximum Gasteiger partial charge on any atom is 0.343 e. The van der Waals surface area contributed by atoms with Crippen molar-refractivity contribution in [3.8, 4) is 5.75 Å². The molecule has 0 aliphatic rings. The molecule has 0 aromatic heterocycles. The number of anilines is 1. The number of esters is 1. The van der Waals surface area contributed by atoms with Gasteiger partial charge in [0.25, 0.3) is 0 Å². The summed E-state index contributed by atoms with van der Waals surface area (Å²) in [5.74, 6) is -1.81. The number of hydrazone groups is 1. The standard InChI is InChI=1S/C26H19N3O4/c30-24(28-23-12-6-10-19-7-4-5-11-22(19)23)25(31)29-27-17-18-13-15-21(16-14-18)33-26(32)20-8-2-1-3-9-20/h1-17H,(H,28,30)(H,29,31)/b27-17-. The van der Waals surface area contributed by atoms with Gasteiger partial charge in [0.1, 0.15) is 5.75 Å². The lowest BCUT2D eigenvalue weighted by molar-refractivity contribution is -0.136. The number of benzene rings is 4. The van der Waals surface area contributed by atoms with E-state index in [1.165, 1.54) is 6.21 Å². The highest BCUT2D eigenvalue weighted by Crippen LogP contribution is 2.22. The third-order valence-electron chi connectivity index (χ3n) is 4.72. The van der Waals surface area contributed by atoms with Gasteiger partial charge < -0.3 is 10.1 Å². The molecule has 4 aromatic rings. The van der Waals surface area contributed by atoms with Crippen LogP contribution in [0.2, 0.25) is 0 Å². The summed E-state index contributed by atoms with van der Waals surface area (Å²) in [6.07, 6.45) is 1.38. The molecule has 0 saturated carbocycles. The van der Waals surface area contributed by atoms with Gasteiger partial charge in [-0.1, -0.05) is 54.6 Å². The number of fused-ring (bicyclic) bond motifs is 1. The Hall–Kier alpha value is -4.78. The van der Waals surface area contributed by atoms with E-state index in [4.69, 9.17) is 4.74 Å². The van der Waals surface area contributed by atoms with E-state index in [0.29, 0.717) is 22.6 Å². The Kier molecular flexibility index (Phi) is 6.51. The van der Waals surface area contributed by atoms with Crippen molar-refractivity contribution in [3.63, 3.8) is 0 Å². The molecule has 0 saturated heterocycles. The highest BCUT2D eigenvalue weighted by Gasteiger charge is 2.14. The first-order valence-corrected chi connectivity index (χ1v) is 10.1. The molecule has 162 valence electrons. The molecule has 0 fully saturated rings. The monoisotopic (exact) mass is 437 g/mol. The van der Waals surface area contributed by atoms with Crippen LogP contribution >= 0.6 is 0 Å². The molecule has 0 aliphatic heterocycles. The Labute approximate surface area is 189 Å². The number of carbonyl (C=O) groups excluding carboxylic acids is 3. The first kappa shape index (κ1) is 21.5. The minimum Gasteiger partial charge on any atom is -0.423 e. The number of amides is 2. The maximum absolute atomic E-state index is 12.2. The normalized spacial score (nSPS) is 10.7. The number of ether oxygens (including phenoxy) is 1. The predicted molar refractivity (Wildman–Crippen MR) is 126 cm³/mol. The smallest absolute Gasteiger partial charge is 0.343 e. The van der Waals surface area contributed by atoms with Crippen molar-refractivity contribution in [1.29, 1.82) is 0 Å². The van der Waals surface area contributed by atoms with Crippen molar-refractivity contribution in [2.24, 2.45) is 5.10 Å². The van der Waals surface area contributed by atoms with Crippen LogP contribution in [-0.2, 0) is 9.59 Å². The summed E-state index contributed by atoms with van der Waals surface area (Å²) in [6.45, 7) is 0. The topological polar surface area (TPSA) is 96.9 Å². The predicted octanol–water partition coefficient (Wildman–Crippen LogP) is 4.15. The van der Waals surface area contributed by atoms with Gasteiger partial charge >= 0.3 is 17.8 Å². The van der Waals surface area contributed by atoms with Gasteiger partial charge in [-0.25, -0.2) is 10.2 Å². The first-order chi connectivity index (χ1) is 16.1. The molecule has 0 aliphatic carbocycles. The fourth-order valence-corrected chi connectivity index (χ4v) is 3.09. The number of carbonyl (C=O) groups is 3. The van der Waals surface area contributed by atoms with E-state index < -0.39 is 17.8 Å². The van der Waals surface area contributed by atoms with E-state index in [2.05, 4.69) is 15.8 Å². The van der Waals surface area contributed by atoms with Gasteiger partial charge in [0.15, 0.2) is 0 Å². The average molecular weight is 437 g/mol. The van der Waals surface area contributed by atoms with Crippen molar-refractivity contribution in [2.45, 2.75) is 0 Å². The van der Waals surface area contributed by atoms with Crippen molar-refractivity contribution >= 4 is 40.5 Å². The Balaban J connectivity index is 1.31. The molecule has 7 heteroatoms. The van der Waals surface area contributed by atoms with Gasteiger partial charge in [0.2, 0.25) is 0 Å². The van der Waals surface area contributed by atoms with Gasteiger partial charge in [-0.05, 0) is 53.4 Å². The second-order valence-electron chi connectivity index (χ2n) is 7.00. The number of hydrogen-bond donors (Lipinski definition) is 2. The molecule has 33 heavy (non-hydrogen) atoms. The molecule has 0 spiro atoms. The fraction of sp³-hybridized carbons (Fsp3) is 0. The fourth-order valence-electron chi connectivity index (χ4n) is 3.09. The SMILES string of the molecule is O=C(N/N=C\c1ccc(OC(=O)c2ccccc2)cc1)C(=O)Nc1cccc2ccccc12. The Morgan fingerprint density at radius 1 is 0.727 bits per heavy atom. The van der Waals surface area contributed by atoms with Crippen molar-refractivity contribution in [3.05, 3.63) is 108 Å². The van der Waals surface area contributed by atoms with Crippen LogP contribution in [0.3, 0.4) is 0 Å². The number of rotatable bonds is 5. The van der Waals surface area contributed by atoms with Crippen molar-refractivity contribution < 1.29 is 19.1 Å². The summed E-state index contributed by atoms with van der Waals surface area (Å²) in [4.78, 5) is 36.4. The maximum atomic E-state index is 12.2. The summed E-state index contributed by atoms with van der Waals surface area (Å²) in [5, 5.41) is 8.19. The van der Waals surface area contributed by atoms with E-state index in [-0.39, 0.29) is 0 Å². The van der Waals surface area contributed by atoms with Crippen LogP contribution in [0.25, 0.3) is 10.8 Å². The van der Waals surface area contributed by atoms with E-state index in [1.807, 2.05) is 36.4 Å². The van der Waals surface area contributed by atoms with Gasteiger partial charge in [0, 0.05) is 11.1 Å². The van der Waals surface area contributed by atoms with Crippen LogP contribution in [0, 0.1) is 0 Å². The molecule has 0 heterocycles. The summed E-state index contributed by atoms with van der Waals surface area (Å²) in [5.41, 5.74) is 3.83. The molecular formula is C26H19N3O4. The molecule has 0 radical (unpaired) electrons. The van der Waals surface area contributed by atoms with Gasteiger partial charge in [-0.2, -0.15) is 5.10 Å². The number of hydrogen-bond acceptors (Lipinski definition) is 5. The van der Waals surface area contributed by atoms with E-state index in [1.54, 1.807) is 60.7 Å². The lowest BCUT2D eigenvalue weighted by Crippen LogP contribution is -2.32. The highest BCUT2D eigenvalue weighted by molar-refractivity contribution is 6.40. The minimum absolute atomic E-state index is 0.375. The molecule has 2 N–H and O–H groups in total. The van der Waals surface area contributed by atoms with Gasteiger partial charge in [0.05, 0.1) is 11.8 Å². The highest BCUT2D eigenvalue weighted by atomic mass is 16.5. The first-order valence-electron chi connectivity index (χ1n) is 10.1. The number of nitrogens with zero attached hydrogens (tertiary/aromatic N) is 1. The molecule has 0 bridgehead atoms. The van der Waals surface area contributed by atoms with Gasteiger partial charge in [-0.3, -0.25) is 9.59 Å². The molecular weight excluding hydrogens is 418 g/mol. The van der Waals surface area contributed by atoms with E-state index >= 15 is 0 Å². The zero-order chi connectivity index (χ0) is 23.0. The summed E-state index contributed by atoms with van der Waals surface area (Å²) in [7, 11) is 0. The molecule has 0 atom stereocenters. The third kappa shape index (κ3) is 5.48. The molecule has 4 rings (SSSR count).